The maximum absolute atomic E-state index is 13.3. The zero-order valence-electron chi connectivity index (χ0n) is 15.9. The van der Waals surface area contributed by atoms with Crippen molar-refractivity contribution in [3.63, 3.8) is 0 Å². The molecule has 0 aliphatic carbocycles. The fraction of sp³-hybridized carbons (Fsp3) is 0.412. The van der Waals surface area contributed by atoms with E-state index in [4.69, 9.17) is 0 Å². The standard InChI is InChI=1S/C17H23FN6O2S/c1-10(23(4)5)14-21-22-17(24(14)13-8-6-12(18)7-9-13)27-11(2)15(25)20-16(26)19-3/h6-11H,1-5H3,(H2,19,20,25,26)/t10-,11-/m1/s1. The van der Waals surface area contributed by atoms with Gasteiger partial charge in [-0.15, -0.1) is 10.2 Å². The zero-order valence-corrected chi connectivity index (χ0v) is 16.7. The van der Waals surface area contributed by atoms with Gasteiger partial charge < -0.3 is 5.32 Å². The van der Waals surface area contributed by atoms with Crippen LogP contribution in [0.1, 0.15) is 25.7 Å². The predicted molar refractivity (Wildman–Crippen MR) is 101 cm³/mol. The van der Waals surface area contributed by atoms with E-state index in [0.29, 0.717) is 16.7 Å². The summed E-state index contributed by atoms with van der Waals surface area (Å²) in [5, 5.41) is 12.9. The number of imide groups is 1. The maximum atomic E-state index is 13.3. The molecule has 146 valence electrons. The van der Waals surface area contributed by atoms with Gasteiger partial charge in [-0.3, -0.25) is 19.6 Å². The molecule has 1 aromatic heterocycles. The number of hydrogen-bond donors (Lipinski definition) is 2. The zero-order chi connectivity index (χ0) is 20.1. The summed E-state index contributed by atoms with van der Waals surface area (Å²) in [7, 11) is 5.27. The van der Waals surface area contributed by atoms with Crippen LogP contribution in [0.15, 0.2) is 29.4 Å². The number of urea groups is 1. The number of aromatic nitrogens is 3. The molecule has 27 heavy (non-hydrogen) atoms. The number of rotatable bonds is 6. The van der Waals surface area contributed by atoms with Crippen LogP contribution in [-0.4, -0.2) is 58.0 Å². The second-order valence-corrected chi connectivity index (χ2v) is 7.43. The van der Waals surface area contributed by atoms with Crippen molar-refractivity contribution in [2.24, 2.45) is 0 Å². The molecule has 0 saturated heterocycles. The lowest BCUT2D eigenvalue weighted by molar-refractivity contribution is -0.119. The Bertz CT molecular complexity index is 808. The molecule has 1 heterocycles. The molecule has 1 aromatic carbocycles. The number of nitrogens with zero attached hydrogens (tertiary/aromatic N) is 4. The van der Waals surface area contributed by atoms with E-state index in [-0.39, 0.29) is 11.9 Å². The molecule has 2 rings (SSSR count). The summed E-state index contributed by atoms with van der Waals surface area (Å²) in [6.07, 6.45) is 0. The van der Waals surface area contributed by atoms with Crippen molar-refractivity contribution in [3.8, 4) is 5.69 Å². The largest absolute Gasteiger partial charge is 0.341 e. The minimum absolute atomic E-state index is 0.0631. The number of carbonyl (C=O) groups excluding carboxylic acids is 2. The Kier molecular flexibility index (Phi) is 6.92. The van der Waals surface area contributed by atoms with Crippen molar-refractivity contribution in [1.82, 2.24) is 30.3 Å². The van der Waals surface area contributed by atoms with Crippen LogP contribution in [0.25, 0.3) is 5.69 Å². The second kappa shape index (κ2) is 8.96. The number of carbonyl (C=O) groups is 2. The van der Waals surface area contributed by atoms with Gasteiger partial charge in [0.25, 0.3) is 0 Å². The van der Waals surface area contributed by atoms with E-state index in [2.05, 4.69) is 20.8 Å². The van der Waals surface area contributed by atoms with Gasteiger partial charge >= 0.3 is 6.03 Å². The normalized spacial score (nSPS) is 13.3. The second-order valence-electron chi connectivity index (χ2n) is 6.12. The smallest absolute Gasteiger partial charge is 0.321 e. The first-order chi connectivity index (χ1) is 12.7. The quantitative estimate of drug-likeness (QED) is 0.728. The molecule has 3 amide bonds. The summed E-state index contributed by atoms with van der Waals surface area (Å²) < 4.78 is 15.1. The first kappa shape index (κ1) is 20.8. The molecular formula is C17H23FN6O2S. The van der Waals surface area contributed by atoms with E-state index >= 15 is 0 Å². The highest BCUT2D eigenvalue weighted by Crippen LogP contribution is 2.29. The molecule has 2 atom stereocenters. The van der Waals surface area contributed by atoms with Gasteiger partial charge in [0.05, 0.1) is 11.3 Å². The Morgan fingerprint density at radius 2 is 1.81 bits per heavy atom. The van der Waals surface area contributed by atoms with Gasteiger partial charge in [0.1, 0.15) is 5.82 Å². The Morgan fingerprint density at radius 1 is 1.19 bits per heavy atom. The summed E-state index contributed by atoms with van der Waals surface area (Å²) >= 11 is 1.16. The highest BCUT2D eigenvalue weighted by atomic mass is 32.2. The minimum atomic E-state index is -0.590. The van der Waals surface area contributed by atoms with Crippen LogP contribution >= 0.6 is 11.8 Å². The Morgan fingerprint density at radius 3 is 2.37 bits per heavy atom. The lowest BCUT2D eigenvalue weighted by atomic mass is 10.2. The number of hydrogen-bond acceptors (Lipinski definition) is 6. The average Bonchev–Trinajstić information content (AvgIpc) is 3.04. The van der Waals surface area contributed by atoms with E-state index in [1.165, 1.54) is 19.2 Å². The summed E-state index contributed by atoms with van der Waals surface area (Å²) in [6, 6.07) is 5.33. The fourth-order valence-electron chi connectivity index (χ4n) is 2.18. The van der Waals surface area contributed by atoms with Crippen molar-refractivity contribution in [3.05, 3.63) is 35.9 Å². The Labute approximate surface area is 161 Å². The van der Waals surface area contributed by atoms with Crippen LogP contribution in [0, 0.1) is 5.82 Å². The van der Waals surface area contributed by atoms with Crippen molar-refractivity contribution in [2.75, 3.05) is 21.1 Å². The maximum Gasteiger partial charge on any atom is 0.321 e. The number of thioether (sulfide) groups is 1. The third-order valence-corrected chi connectivity index (χ3v) is 5.05. The van der Waals surface area contributed by atoms with Gasteiger partial charge in [-0.05, 0) is 52.2 Å². The molecule has 0 spiro atoms. The topological polar surface area (TPSA) is 92.2 Å². The van der Waals surface area contributed by atoms with Crippen molar-refractivity contribution in [1.29, 1.82) is 0 Å². The third kappa shape index (κ3) is 5.04. The van der Waals surface area contributed by atoms with E-state index in [0.717, 1.165) is 11.8 Å². The predicted octanol–water partition coefficient (Wildman–Crippen LogP) is 1.97. The molecule has 0 fully saturated rings. The molecule has 0 unspecified atom stereocenters. The van der Waals surface area contributed by atoms with Gasteiger partial charge in [0, 0.05) is 12.7 Å². The number of nitrogens with one attached hydrogen (secondary N) is 2. The van der Waals surface area contributed by atoms with Crippen LogP contribution in [0.4, 0.5) is 9.18 Å². The lowest BCUT2D eigenvalue weighted by Gasteiger charge is -2.21. The molecule has 0 bridgehead atoms. The van der Waals surface area contributed by atoms with Crippen LogP contribution in [0.3, 0.4) is 0 Å². The lowest BCUT2D eigenvalue weighted by Crippen LogP contribution is -2.41. The number of halogens is 1. The van der Waals surface area contributed by atoms with Crippen molar-refractivity contribution >= 4 is 23.7 Å². The first-order valence-corrected chi connectivity index (χ1v) is 9.19. The fourth-order valence-corrected chi connectivity index (χ4v) is 3.05. The van der Waals surface area contributed by atoms with Gasteiger partial charge in [-0.1, -0.05) is 11.8 Å². The average molecular weight is 394 g/mol. The summed E-state index contributed by atoms with van der Waals surface area (Å²) in [6.45, 7) is 3.64. The minimum Gasteiger partial charge on any atom is -0.341 e. The van der Waals surface area contributed by atoms with Gasteiger partial charge in [-0.2, -0.15) is 0 Å². The van der Waals surface area contributed by atoms with E-state index in [1.54, 1.807) is 23.6 Å². The third-order valence-electron chi connectivity index (χ3n) is 4.01. The summed E-state index contributed by atoms with van der Waals surface area (Å²) in [5.74, 6) is -0.134. The van der Waals surface area contributed by atoms with E-state index < -0.39 is 17.2 Å². The molecule has 0 saturated carbocycles. The number of amides is 3. The summed E-state index contributed by atoms with van der Waals surface area (Å²) in [4.78, 5) is 25.5. The van der Waals surface area contributed by atoms with E-state index in [9.17, 15) is 14.0 Å². The van der Waals surface area contributed by atoms with Gasteiger partial charge in [-0.25, -0.2) is 9.18 Å². The Balaban J connectivity index is 2.37. The molecule has 0 aliphatic rings. The highest BCUT2D eigenvalue weighted by molar-refractivity contribution is 8.00. The monoisotopic (exact) mass is 394 g/mol. The molecule has 0 aliphatic heterocycles. The molecule has 0 radical (unpaired) electrons. The molecule has 10 heteroatoms. The molecule has 2 aromatic rings. The van der Waals surface area contributed by atoms with Gasteiger partial charge in [0.2, 0.25) is 5.91 Å². The highest BCUT2D eigenvalue weighted by Gasteiger charge is 2.25. The van der Waals surface area contributed by atoms with Gasteiger partial charge in [0.15, 0.2) is 11.0 Å². The van der Waals surface area contributed by atoms with Crippen LogP contribution in [0.5, 0.6) is 0 Å². The number of benzene rings is 1. The van der Waals surface area contributed by atoms with Crippen molar-refractivity contribution in [2.45, 2.75) is 30.3 Å². The first-order valence-electron chi connectivity index (χ1n) is 8.31. The van der Waals surface area contributed by atoms with Crippen LogP contribution < -0.4 is 10.6 Å². The SMILES string of the molecule is CNC(=O)NC(=O)[C@@H](C)Sc1nnc([C@@H](C)N(C)C)n1-c1ccc(F)cc1. The molecule has 2 N–H and O–H groups in total. The van der Waals surface area contributed by atoms with Crippen LogP contribution in [0.2, 0.25) is 0 Å². The van der Waals surface area contributed by atoms with E-state index in [1.807, 2.05) is 25.9 Å². The van der Waals surface area contributed by atoms with Crippen LogP contribution in [-0.2, 0) is 4.79 Å². The summed E-state index contributed by atoms with van der Waals surface area (Å²) in [5.41, 5.74) is 0.687. The Hall–Kier alpha value is -2.46. The molecular weight excluding hydrogens is 371 g/mol. The molecule has 8 nitrogen and oxygen atoms in total. The van der Waals surface area contributed by atoms with Crippen molar-refractivity contribution < 1.29 is 14.0 Å².